The molecule has 0 saturated carbocycles. The van der Waals surface area contributed by atoms with E-state index in [0.29, 0.717) is 0 Å². The molecule has 0 N–H and O–H groups in total. The Morgan fingerprint density at radius 3 is 2.14 bits per heavy atom. The first-order valence-electron chi connectivity index (χ1n) is 1.39. The van der Waals surface area contributed by atoms with Gasteiger partial charge in [-0.3, -0.25) is 0 Å². The molecule has 0 rings (SSSR count). The second-order valence-electron chi connectivity index (χ2n) is 0.663. The lowest BCUT2D eigenvalue weighted by molar-refractivity contribution is 1.50. The van der Waals surface area contributed by atoms with Crippen LogP contribution in [-0.2, 0) is 0 Å². The maximum atomic E-state index is 7.83. The molecule has 0 saturated heterocycles. The predicted octanol–water partition coefficient (Wildman–Crippen LogP) is 0.959. The Morgan fingerprint density at radius 2 is 2.00 bits per heavy atom. The summed E-state index contributed by atoms with van der Waals surface area (Å²) in [5.41, 5.74) is 0. The molecular weight excluding hydrogens is 112 g/mol. The molecule has 1 radical (unpaired) electrons. The molecule has 7 heavy (non-hydrogen) atoms. The van der Waals surface area contributed by atoms with Gasteiger partial charge in [-0.1, -0.05) is 11.6 Å². The van der Waals surface area contributed by atoms with E-state index in [0.717, 1.165) is 0 Å². The topological polar surface area (TPSA) is 47.6 Å². The fourth-order valence-electron chi connectivity index (χ4n) is 0.0770. The largest absolute Gasteiger partial charge is 0.192 e. The van der Waals surface area contributed by atoms with Crippen LogP contribution in [0.1, 0.15) is 0 Å². The van der Waals surface area contributed by atoms with Gasteiger partial charge in [0.2, 0.25) is 0 Å². The van der Waals surface area contributed by atoms with Crippen molar-refractivity contribution in [3.8, 4) is 12.1 Å². The van der Waals surface area contributed by atoms with Crippen LogP contribution in [0.4, 0.5) is 0 Å². The SMILES string of the molecule is N#C/[C]=C(\Cl)C#N. The summed E-state index contributed by atoms with van der Waals surface area (Å²) in [7, 11) is 0. The highest BCUT2D eigenvalue weighted by Crippen LogP contribution is 1.93. The number of halogens is 1. The van der Waals surface area contributed by atoms with Crippen LogP contribution in [0.2, 0.25) is 0 Å². The van der Waals surface area contributed by atoms with Gasteiger partial charge >= 0.3 is 0 Å². The molecule has 3 heteroatoms. The number of nitrogens with zero attached hydrogens (tertiary/aromatic N) is 2. The van der Waals surface area contributed by atoms with Gasteiger partial charge in [-0.25, -0.2) is 0 Å². The lowest BCUT2D eigenvalue weighted by Gasteiger charge is -1.63. The van der Waals surface area contributed by atoms with Gasteiger partial charge in [0.1, 0.15) is 23.2 Å². The third-order valence-corrected chi connectivity index (χ3v) is 0.443. The Labute approximate surface area is 46.2 Å². The average molecular weight is 112 g/mol. The fraction of sp³-hybridized carbons (Fsp3) is 0. The normalized spacial score (nSPS) is 9.29. The Morgan fingerprint density at radius 1 is 1.43 bits per heavy atom. The molecule has 2 nitrogen and oxygen atoms in total. The highest BCUT2D eigenvalue weighted by molar-refractivity contribution is 6.31. The van der Waals surface area contributed by atoms with Crippen LogP contribution in [-0.4, -0.2) is 0 Å². The van der Waals surface area contributed by atoms with E-state index in [2.05, 4.69) is 0 Å². The van der Waals surface area contributed by atoms with E-state index in [1.165, 1.54) is 12.1 Å². The highest BCUT2D eigenvalue weighted by Gasteiger charge is 1.81. The molecule has 0 aliphatic carbocycles. The maximum Gasteiger partial charge on any atom is 0.137 e. The first-order valence-corrected chi connectivity index (χ1v) is 1.76. The average Bonchev–Trinajstić information content (AvgIpc) is 1.68. The Hall–Kier alpha value is -0.990. The van der Waals surface area contributed by atoms with Crippen LogP contribution in [0.25, 0.3) is 0 Å². The van der Waals surface area contributed by atoms with Crippen molar-refractivity contribution >= 4 is 11.6 Å². The molecule has 0 spiro atoms. The molecule has 0 aromatic rings. The first kappa shape index (κ1) is 6.01. The molecule has 0 aromatic carbocycles. The van der Waals surface area contributed by atoms with Crippen LogP contribution in [0.15, 0.2) is 5.03 Å². The molecule has 0 atom stereocenters. The molecule has 0 aromatic heterocycles. The van der Waals surface area contributed by atoms with Gasteiger partial charge in [0, 0.05) is 0 Å². The lowest BCUT2D eigenvalue weighted by Crippen LogP contribution is -1.57. The summed E-state index contributed by atoms with van der Waals surface area (Å²) < 4.78 is 0. The Bertz CT molecular complexity index is 158. The molecule has 33 valence electrons. The summed E-state index contributed by atoms with van der Waals surface area (Å²) in [5.74, 6) is 0. The van der Waals surface area contributed by atoms with Crippen molar-refractivity contribution in [2.24, 2.45) is 0 Å². The van der Waals surface area contributed by atoms with Crippen LogP contribution in [0.5, 0.6) is 0 Å². The van der Waals surface area contributed by atoms with E-state index < -0.39 is 0 Å². The predicted molar refractivity (Wildman–Crippen MR) is 23.8 cm³/mol. The van der Waals surface area contributed by atoms with E-state index >= 15 is 0 Å². The quantitative estimate of drug-likeness (QED) is 0.437. The minimum Gasteiger partial charge on any atom is -0.192 e. The Balaban J connectivity index is 3.89. The molecule has 0 bridgehead atoms. The summed E-state index contributed by atoms with van der Waals surface area (Å²) >= 11 is 4.99. The zero-order valence-corrected chi connectivity index (χ0v) is 4.03. The molecule has 0 unspecified atom stereocenters. The number of hydrogen-bond acceptors (Lipinski definition) is 2. The number of allylic oxidation sites excluding steroid dienone is 2. The van der Waals surface area contributed by atoms with Crippen molar-refractivity contribution in [3.05, 3.63) is 11.1 Å². The van der Waals surface area contributed by atoms with Gasteiger partial charge in [0.05, 0.1) is 0 Å². The third-order valence-electron chi connectivity index (χ3n) is 0.264. The van der Waals surface area contributed by atoms with E-state index in [1.807, 2.05) is 6.08 Å². The van der Waals surface area contributed by atoms with Gasteiger partial charge in [-0.2, -0.15) is 10.5 Å². The van der Waals surface area contributed by atoms with E-state index in [1.54, 1.807) is 0 Å². The first-order chi connectivity index (χ1) is 3.31. The highest BCUT2D eigenvalue weighted by atomic mass is 35.5. The van der Waals surface area contributed by atoms with Gasteiger partial charge in [0.25, 0.3) is 0 Å². The van der Waals surface area contributed by atoms with Gasteiger partial charge in [-0.15, -0.1) is 0 Å². The van der Waals surface area contributed by atoms with Crippen LogP contribution in [0.3, 0.4) is 0 Å². The van der Waals surface area contributed by atoms with Crippen LogP contribution < -0.4 is 0 Å². The van der Waals surface area contributed by atoms with Gasteiger partial charge in [0.15, 0.2) is 0 Å². The van der Waals surface area contributed by atoms with Crippen molar-refractivity contribution in [2.75, 3.05) is 0 Å². The molecule has 0 fully saturated rings. The van der Waals surface area contributed by atoms with Gasteiger partial charge in [-0.05, 0) is 0 Å². The molecule has 0 aliphatic rings. The van der Waals surface area contributed by atoms with E-state index in [4.69, 9.17) is 22.1 Å². The van der Waals surface area contributed by atoms with E-state index in [9.17, 15) is 0 Å². The Kier molecular flexibility index (Phi) is 2.76. The van der Waals surface area contributed by atoms with Crippen LogP contribution >= 0.6 is 11.6 Å². The smallest absolute Gasteiger partial charge is 0.137 e. The zero-order valence-electron chi connectivity index (χ0n) is 3.27. The van der Waals surface area contributed by atoms with E-state index in [-0.39, 0.29) is 5.03 Å². The standard InChI is InChI=1S/C4ClN2/c5-4(3-7)1-2-6. The molecule has 0 amide bonds. The lowest BCUT2D eigenvalue weighted by atomic mass is 10.6. The third kappa shape index (κ3) is 2.82. The molecular formula is C4ClN2. The van der Waals surface area contributed by atoms with Crippen molar-refractivity contribution in [1.29, 1.82) is 10.5 Å². The second-order valence-corrected chi connectivity index (χ2v) is 1.04. The number of rotatable bonds is 0. The number of nitriles is 2. The summed E-state index contributed by atoms with van der Waals surface area (Å²) in [6.07, 6.45) is 1.92. The van der Waals surface area contributed by atoms with Crippen LogP contribution in [0, 0.1) is 28.7 Å². The maximum absolute atomic E-state index is 7.83. The monoisotopic (exact) mass is 111 g/mol. The number of hydrogen-bond donors (Lipinski definition) is 0. The summed E-state index contributed by atoms with van der Waals surface area (Å²) in [6.45, 7) is 0. The van der Waals surface area contributed by atoms with Crippen molar-refractivity contribution in [3.63, 3.8) is 0 Å². The summed E-state index contributed by atoms with van der Waals surface area (Å²) in [4.78, 5) is 0. The molecule has 0 aliphatic heterocycles. The summed E-state index contributed by atoms with van der Waals surface area (Å²) in [5, 5.41) is 15.4. The fourth-order valence-corrected chi connectivity index (χ4v) is 0.119. The van der Waals surface area contributed by atoms with Crippen molar-refractivity contribution in [2.45, 2.75) is 0 Å². The zero-order chi connectivity index (χ0) is 5.70. The minimum absolute atomic E-state index is 0.206. The van der Waals surface area contributed by atoms with Crippen molar-refractivity contribution in [1.82, 2.24) is 0 Å². The van der Waals surface area contributed by atoms with Crippen molar-refractivity contribution < 1.29 is 0 Å². The molecule has 0 heterocycles. The summed E-state index contributed by atoms with van der Waals surface area (Å²) in [6, 6.07) is 2.99. The second kappa shape index (κ2) is 3.21. The minimum atomic E-state index is -0.206. The van der Waals surface area contributed by atoms with Gasteiger partial charge < -0.3 is 0 Å².